The molecule has 0 spiro atoms. The molecule has 23 heavy (non-hydrogen) atoms. The Morgan fingerprint density at radius 2 is 0.696 bits per heavy atom. The van der Waals surface area contributed by atoms with Crippen LogP contribution in [0.25, 0.3) is 0 Å². The maximum absolute atomic E-state index is 10.0. The molecule has 0 aliphatic rings. The third kappa shape index (κ3) is 146. The van der Waals surface area contributed by atoms with Crippen LogP contribution in [0.4, 0.5) is 0 Å². The Morgan fingerprint density at radius 1 is 0.609 bits per heavy atom. The van der Waals surface area contributed by atoms with E-state index < -0.39 is 0 Å². The van der Waals surface area contributed by atoms with Gasteiger partial charge < -0.3 is 10.2 Å². The summed E-state index contributed by atoms with van der Waals surface area (Å²) in [6.45, 7) is 12.5. The topological polar surface area (TPSA) is 109 Å². The van der Waals surface area contributed by atoms with Gasteiger partial charge in [-0.2, -0.15) is 0 Å². The number of carbonyl (C=O) groups excluding carboxylic acids is 4. The van der Waals surface area contributed by atoms with E-state index in [-0.39, 0.29) is 74.4 Å². The Labute approximate surface area is 159 Å². The summed E-state index contributed by atoms with van der Waals surface area (Å²) in [5.74, 6) is -0.250. The molecule has 6 nitrogen and oxygen atoms in total. The molecule has 7 heteroatoms. The van der Waals surface area contributed by atoms with E-state index in [0.717, 1.165) is 0 Å². The fraction of sp³-hybridized carbons (Fsp3) is 0.750. The fourth-order valence-corrected chi connectivity index (χ4v) is 0.701. The summed E-state index contributed by atoms with van der Waals surface area (Å²) in [7, 11) is 0. The van der Waals surface area contributed by atoms with Crippen LogP contribution in [0.3, 0.4) is 0 Å². The predicted octanol–water partition coefficient (Wildman–Crippen LogP) is 1.88. The van der Waals surface area contributed by atoms with E-state index in [1.807, 2.05) is 0 Å². The largest absolute Gasteiger partial charge is 0.394 e. The van der Waals surface area contributed by atoms with Gasteiger partial charge in [0.1, 0.15) is 23.1 Å². The Kier molecular flexibility index (Phi) is 35.0. The van der Waals surface area contributed by atoms with E-state index >= 15 is 0 Å². The molecular weight excluding hydrogens is 379 g/mol. The molecule has 0 fully saturated rings. The van der Waals surface area contributed by atoms with Gasteiger partial charge in [-0.15, -0.1) is 0 Å². The van der Waals surface area contributed by atoms with Crippen molar-refractivity contribution in [1.82, 2.24) is 0 Å². The van der Waals surface area contributed by atoms with E-state index in [4.69, 9.17) is 10.2 Å². The Morgan fingerprint density at radius 3 is 0.696 bits per heavy atom. The number of aliphatic hydroxyl groups excluding tert-OH is 2. The summed E-state index contributed by atoms with van der Waals surface area (Å²) in [6.07, 6.45) is -0.167. The third-order valence-electron chi connectivity index (χ3n) is 0.996. The first kappa shape index (κ1) is 33.9. The van der Waals surface area contributed by atoms with Gasteiger partial charge in [0.15, 0.2) is 0 Å². The summed E-state index contributed by atoms with van der Waals surface area (Å²) in [5, 5.41) is 16.1. The molecule has 0 aromatic heterocycles. The minimum atomic E-state index is -0.167. The number of hydrogen-bond donors (Lipinski definition) is 2. The molecule has 0 heterocycles. The van der Waals surface area contributed by atoms with Gasteiger partial charge in [0.2, 0.25) is 0 Å². The SMILES string of the molecule is CC(=O)CC(C)=O.CC(=O)CC(C)=O.CC(C)O.CC(C)O.[Zr]. The minimum absolute atomic E-state index is 0. The molecule has 0 bridgehead atoms. The Hall–Kier alpha value is -0.517. The standard InChI is InChI=1S/2C5H8O2.2C3H8O.Zr/c2*1-4(6)3-5(2)7;2*1-3(2)4;/h2*3H2,1-2H3;2*3-4H,1-2H3;. The molecular formula is C16H32O6Zr. The maximum Gasteiger partial charge on any atom is 0.137 e. The number of Topliss-reactive ketones (excluding diaryl/α,β-unsaturated/α-hetero) is 4. The molecule has 0 aliphatic heterocycles. The molecule has 136 valence electrons. The predicted molar refractivity (Wildman–Crippen MR) is 86.7 cm³/mol. The first-order valence-electron chi connectivity index (χ1n) is 7.06. The maximum atomic E-state index is 10.0. The normalized spacial score (nSPS) is 8.17. The molecule has 0 saturated carbocycles. The number of carbonyl (C=O) groups is 4. The van der Waals surface area contributed by atoms with Crippen molar-refractivity contribution in [3.05, 3.63) is 0 Å². The molecule has 0 aromatic carbocycles. The third-order valence-corrected chi connectivity index (χ3v) is 0.996. The van der Waals surface area contributed by atoms with Gasteiger partial charge in [0.05, 0.1) is 12.8 Å². The van der Waals surface area contributed by atoms with Crippen LogP contribution < -0.4 is 0 Å². The van der Waals surface area contributed by atoms with Gasteiger partial charge in [-0.3, -0.25) is 19.2 Å². The van der Waals surface area contributed by atoms with Gasteiger partial charge >= 0.3 is 0 Å². The molecule has 0 amide bonds. The van der Waals surface area contributed by atoms with Gasteiger partial charge in [0.25, 0.3) is 0 Å². The van der Waals surface area contributed by atoms with Crippen LogP contribution >= 0.6 is 0 Å². The van der Waals surface area contributed by atoms with E-state index in [1.54, 1.807) is 27.7 Å². The smallest absolute Gasteiger partial charge is 0.137 e. The summed E-state index contributed by atoms with van der Waals surface area (Å²) in [4.78, 5) is 40.1. The quantitative estimate of drug-likeness (QED) is 0.684. The molecule has 0 radical (unpaired) electrons. The van der Waals surface area contributed by atoms with Crippen LogP contribution in [0.2, 0.25) is 0 Å². The number of aliphatic hydroxyl groups is 2. The molecule has 0 atom stereocenters. The van der Waals surface area contributed by atoms with Crippen molar-refractivity contribution in [2.45, 2.75) is 80.4 Å². The van der Waals surface area contributed by atoms with E-state index in [0.29, 0.717) is 0 Å². The molecule has 0 rings (SSSR count). The van der Waals surface area contributed by atoms with Crippen molar-refractivity contribution in [2.24, 2.45) is 0 Å². The second kappa shape index (κ2) is 23.7. The monoisotopic (exact) mass is 410 g/mol. The number of rotatable bonds is 4. The van der Waals surface area contributed by atoms with Crippen molar-refractivity contribution in [1.29, 1.82) is 0 Å². The van der Waals surface area contributed by atoms with Gasteiger partial charge in [-0.05, 0) is 55.4 Å². The van der Waals surface area contributed by atoms with Crippen LogP contribution in [0, 0.1) is 0 Å². The van der Waals surface area contributed by atoms with Crippen molar-refractivity contribution < 1.29 is 55.6 Å². The van der Waals surface area contributed by atoms with Crippen molar-refractivity contribution in [2.75, 3.05) is 0 Å². The molecule has 2 N–H and O–H groups in total. The summed E-state index contributed by atoms with van der Waals surface area (Å²) < 4.78 is 0. The first-order chi connectivity index (χ1) is 9.72. The van der Waals surface area contributed by atoms with Crippen LogP contribution in [-0.4, -0.2) is 45.6 Å². The zero-order valence-electron chi connectivity index (χ0n) is 15.6. The van der Waals surface area contributed by atoms with Crippen molar-refractivity contribution >= 4 is 23.1 Å². The average molecular weight is 412 g/mol. The van der Waals surface area contributed by atoms with Gasteiger partial charge in [-0.25, -0.2) is 0 Å². The second-order valence-electron chi connectivity index (χ2n) is 5.35. The molecule has 0 unspecified atom stereocenters. The van der Waals surface area contributed by atoms with Crippen LogP contribution in [0.5, 0.6) is 0 Å². The summed E-state index contributed by atoms with van der Waals surface area (Å²) >= 11 is 0. The zero-order valence-corrected chi connectivity index (χ0v) is 18.1. The second-order valence-corrected chi connectivity index (χ2v) is 5.35. The van der Waals surface area contributed by atoms with Crippen molar-refractivity contribution in [3.8, 4) is 0 Å². The van der Waals surface area contributed by atoms with E-state index in [1.165, 1.54) is 27.7 Å². The molecule has 0 aromatic rings. The Balaban J connectivity index is -0.0000000639. The summed E-state index contributed by atoms with van der Waals surface area (Å²) in [5.41, 5.74) is 0. The number of ketones is 4. The molecule has 0 saturated heterocycles. The fourth-order valence-electron chi connectivity index (χ4n) is 0.701. The van der Waals surface area contributed by atoms with Crippen LogP contribution in [0.15, 0.2) is 0 Å². The molecule has 0 aliphatic carbocycles. The van der Waals surface area contributed by atoms with E-state index in [2.05, 4.69) is 0 Å². The first-order valence-corrected chi connectivity index (χ1v) is 7.06. The average Bonchev–Trinajstić information content (AvgIpc) is 2.10. The van der Waals surface area contributed by atoms with Gasteiger partial charge in [0, 0.05) is 38.4 Å². The van der Waals surface area contributed by atoms with Crippen molar-refractivity contribution in [3.63, 3.8) is 0 Å². The van der Waals surface area contributed by atoms with Crippen LogP contribution in [0.1, 0.15) is 68.2 Å². The minimum Gasteiger partial charge on any atom is -0.394 e. The number of hydrogen-bond acceptors (Lipinski definition) is 6. The van der Waals surface area contributed by atoms with E-state index in [9.17, 15) is 19.2 Å². The van der Waals surface area contributed by atoms with Crippen LogP contribution in [-0.2, 0) is 45.4 Å². The van der Waals surface area contributed by atoms with Gasteiger partial charge in [-0.1, -0.05) is 0 Å². The zero-order chi connectivity index (χ0) is 18.9. The Bertz CT molecular complexity index is 263. The summed E-state index contributed by atoms with van der Waals surface area (Å²) in [6, 6.07) is 0.